The van der Waals surface area contributed by atoms with Crippen molar-refractivity contribution in [1.29, 1.82) is 0 Å². The summed E-state index contributed by atoms with van der Waals surface area (Å²) in [6.07, 6.45) is 0.429. The normalized spacial score (nSPS) is 25.8. The molecule has 0 saturated heterocycles. The number of carboxylic acids is 1. The second kappa shape index (κ2) is 5.50. The summed E-state index contributed by atoms with van der Waals surface area (Å²) >= 11 is 0. The quantitative estimate of drug-likeness (QED) is 0.669. The lowest BCUT2D eigenvalue weighted by molar-refractivity contribution is -0.385. The summed E-state index contributed by atoms with van der Waals surface area (Å²) in [5.74, 6) is -1.52. The number of rotatable bonds is 5. The molecule has 5 heteroatoms. The number of nitrogens with zero attached hydrogens (tertiary/aromatic N) is 1. The maximum absolute atomic E-state index is 12.0. The molecule has 1 N–H and O–H groups in total. The number of para-hydroxylation sites is 1. The van der Waals surface area contributed by atoms with Crippen LogP contribution in [0.3, 0.4) is 0 Å². The Balaban J connectivity index is 2.14. The van der Waals surface area contributed by atoms with Gasteiger partial charge in [-0.2, -0.15) is 0 Å². The van der Waals surface area contributed by atoms with Crippen molar-refractivity contribution in [3.8, 4) is 0 Å². The lowest BCUT2D eigenvalue weighted by atomic mass is 9.94. The lowest BCUT2D eigenvalue weighted by Crippen LogP contribution is -2.17. The van der Waals surface area contributed by atoms with Crippen LogP contribution in [0.2, 0.25) is 0 Å². The lowest BCUT2D eigenvalue weighted by Gasteiger charge is -2.10. The van der Waals surface area contributed by atoms with Crippen molar-refractivity contribution in [2.75, 3.05) is 0 Å². The minimum atomic E-state index is -0.979. The summed E-state index contributed by atoms with van der Waals surface area (Å²) in [6.45, 7) is 1.83. The summed E-state index contributed by atoms with van der Waals surface area (Å²) in [5.41, 5.74) is 0.443. The van der Waals surface area contributed by atoms with Gasteiger partial charge >= 0.3 is 5.97 Å². The minimum Gasteiger partial charge on any atom is -0.481 e. The number of carboxylic acid groups (broad SMARTS) is 1. The molecule has 0 radical (unpaired) electrons. The molecule has 3 atom stereocenters. The van der Waals surface area contributed by atoms with E-state index >= 15 is 0 Å². The van der Waals surface area contributed by atoms with Gasteiger partial charge in [-0.1, -0.05) is 55.5 Å². The van der Waals surface area contributed by atoms with Crippen molar-refractivity contribution in [3.05, 3.63) is 75.8 Å². The number of aliphatic carboxylic acids is 1. The fraction of sp³-hybridized carbons (Fsp3) is 0.278. The second-order valence-electron chi connectivity index (χ2n) is 5.88. The SMILES string of the molecule is CCC1(C(=O)O)C(c2ccccc2)C1c1ccccc1[N+](=O)[O-]. The molecular weight excluding hydrogens is 294 g/mol. The average molecular weight is 311 g/mol. The predicted molar refractivity (Wildman–Crippen MR) is 85.4 cm³/mol. The van der Waals surface area contributed by atoms with Gasteiger partial charge in [0.15, 0.2) is 0 Å². The summed E-state index contributed by atoms with van der Waals surface area (Å²) in [4.78, 5) is 22.9. The van der Waals surface area contributed by atoms with Gasteiger partial charge in [0, 0.05) is 23.5 Å². The van der Waals surface area contributed by atoms with Gasteiger partial charge in [0.1, 0.15) is 0 Å². The first-order valence-electron chi connectivity index (χ1n) is 7.55. The van der Waals surface area contributed by atoms with Gasteiger partial charge in [0.25, 0.3) is 5.69 Å². The first kappa shape index (κ1) is 15.2. The van der Waals surface area contributed by atoms with Crippen LogP contribution in [-0.4, -0.2) is 16.0 Å². The molecule has 5 nitrogen and oxygen atoms in total. The molecule has 1 saturated carbocycles. The molecule has 0 bridgehead atoms. The standard InChI is InChI=1S/C18H17NO4/c1-2-18(17(20)21)15(12-8-4-3-5-9-12)16(18)13-10-6-7-11-14(13)19(22)23/h3-11,15-16H,2H2,1H3,(H,20,21). The van der Waals surface area contributed by atoms with E-state index < -0.39 is 16.3 Å². The monoisotopic (exact) mass is 311 g/mol. The van der Waals surface area contributed by atoms with Gasteiger partial charge in [-0.15, -0.1) is 0 Å². The number of carbonyl (C=O) groups is 1. The van der Waals surface area contributed by atoms with Crippen molar-refractivity contribution in [1.82, 2.24) is 0 Å². The zero-order chi connectivity index (χ0) is 16.6. The van der Waals surface area contributed by atoms with Crippen LogP contribution < -0.4 is 0 Å². The van der Waals surface area contributed by atoms with Gasteiger partial charge in [-0.3, -0.25) is 14.9 Å². The van der Waals surface area contributed by atoms with Gasteiger partial charge in [-0.05, 0) is 12.0 Å². The van der Waals surface area contributed by atoms with Gasteiger partial charge in [-0.25, -0.2) is 0 Å². The van der Waals surface area contributed by atoms with E-state index in [0.29, 0.717) is 12.0 Å². The molecule has 1 aliphatic carbocycles. The second-order valence-corrected chi connectivity index (χ2v) is 5.88. The van der Waals surface area contributed by atoms with Crippen LogP contribution in [0.1, 0.15) is 36.3 Å². The van der Waals surface area contributed by atoms with Crippen LogP contribution in [0.5, 0.6) is 0 Å². The Morgan fingerprint density at radius 3 is 2.30 bits per heavy atom. The van der Waals surface area contributed by atoms with E-state index in [1.807, 2.05) is 37.3 Å². The summed E-state index contributed by atoms with van der Waals surface area (Å²) in [5, 5.41) is 21.2. The maximum atomic E-state index is 12.0. The van der Waals surface area contributed by atoms with E-state index in [-0.39, 0.29) is 17.5 Å². The third-order valence-electron chi connectivity index (χ3n) is 4.94. The van der Waals surface area contributed by atoms with E-state index in [1.54, 1.807) is 18.2 Å². The highest BCUT2D eigenvalue weighted by Crippen LogP contribution is 2.73. The molecule has 3 rings (SSSR count). The third-order valence-corrected chi connectivity index (χ3v) is 4.94. The zero-order valence-corrected chi connectivity index (χ0v) is 12.7. The molecular formula is C18H17NO4. The molecule has 118 valence electrons. The smallest absolute Gasteiger partial charge is 0.310 e. The Labute approximate surface area is 133 Å². The Hall–Kier alpha value is -2.69. The van der Waals surface area contributed by atoms with Crippen LogP contribution in [0.25, 0.3) is 0 Å². The fourth-order valence-electron chi connectivity index (χ4n) is 3.82. The average Bonchev–Trinajstić information content (AvgIpc) is 3.26. The van der Waals surface area contributed by atoms with Crippen LogP contribution in [0.4, 0.5) is 5.69 Å². The Morgan fingerprint density at radius 2 is 1.74 bits per heavy atom. The van der Waals surface area contributed by atoms with Crippen molar-refractivity contribution in [2.24, 2.45) is 5.41 Å². The maximum Gasteiger partial charge on any atom is 0.310 e. The molecule has 1 aliphatic rings. The first-order chi connectivity index (χ1) is 11.0. The van der Waals surface area contributed by atoms with Crippen molar-refractivity contribution >= 4 is 11.7 Å². The molecule has 23 heavy (non-hydrogen) atoms. The molecule has 3 unspecified atom stereocenters. The molecule has 2 aromatic carbocycles. The molecule has 0 spiro atoms. The van der Waals surface area contributed by atoms with Gasteiger partial charge < -0.3 is 5.11 Å². The number of nitro benzene ring substituents is 1. The summed E-state index contributed by atoms with van der Waals surface area (Å²) in [7, 11) is 0. The Bertz CT molecular complexity index is 759. The van der Waals surface area contributed by atoms with Gasteiger partial charge in [0.05, 0.1) is 10.3 Å². The van der Waals surface area contributed by atoms with Crippen LogP contribution >= 0.6 is 0 Å². The molecule has 0 heterocycles. The molecule has 0 aliphatic heterocycles. The first-order valence-corrected chi connectivity index (χ1v) is 7.55. The summed E-state index contributed by atoms with van der Waals surface area (Å²) in [6, 6.07) is 15.9. The van der Waals surface area contributed by atoms with Crippen molar-refractivity contribution in [2.45, 2.75) is 25.2 Å². The number of nitro groups is 1. The highest BCUT2D eigenvalue weighted by molar-refractivity contribution is 5.84. The highest BCUT2D eigenvalue weighted by Gasteiger charge is 2.70. The van der Waals surface area contributed by atoms with Gasteiger partial charge in [0.2, 0.25) is 0 Å². The Morgan fingerprint density at radius 1 is 1.13 bits per heavy atom. The molecule has 1 fully saturated rings. The number of hydrogen-bond acceptors (Lipinski definition) is 3. The van der Waals surface area contributed by atoms with E-state index in [0.717, 1.165) is 5.56 Å². The van der Waals surface area contributed by atoms with Crippen molar-refractivity contribution in [3.63, 3.8) is 0 Å². The van der Waals surface area contributed by atoms with E-state index in [9.17, 15) is 20.0 Å². The third kappa shape index (κ3) is 2.20. The predicted octanol–water partition coefficient (Wildman–Crippen LogP) is 3.96. The van der Waals surface area contributed by atoms with Crippen LogP contribution in [0, 0.1) is 15.5 Å². The van der Waals surface area contributed by atoms with E-state index in [2.05, 4.69) is 0 Å². The highest BCUT2D eigenvalue weighted by atomic mass is 16.6. The molecule has 0 amide bonds. The van der Waals surface area contributed by atoms with Crippen LogP contribution in [0.15, 0.2) is 54.6 Å². The fourth-order valence-corrected chi connectivity index (χ4v) is 3.82. The van der Waals surface area contributed by atoms with E-state index in [4.69, 9.17) is 0 Å². The molecule has 2 aromatic rings. The zero-order valence-electron chi connectivity index (χ0n) is 12.7. The number of hydrogen-bond donors (Lipinski definition) is 1. The molecule has 0 aromatic heterocycles. The number of benzene rings is 2. The minimum absolute atomic E-state index is 0.00462. The van der Waals surface area contributed by atoms with E-state index in [1.165, 1.54) is 6.07 Å². The van der Waals surface area contributed by atoms with Crippen LogP contribution in [-0.2, 0) is 4.79 Å². The topological polar surface area (TPSA) is 80.4 Å². The Kier molecular flexibility index (Phi) is 3.64. The largest absolute Gasteiger partial charge is 0.481 e. The summed E-state index contributed by atoms with van der Waals surface area (Å²) < 4.78 is 0. The van der Waals surface area contributed by atoms with Crippen molar-refractivity contribution < 1.29 is 14.8 Å².